The average molecular weight is 488 g/mol. The van der Waals surface area contributed by atoms with Crippen LogP contribution in [0, 0.1) is 0 Å². The van der Waals surface area contributed by atoms with E-state index in [-0.39, 0.29) is 43.0 Å². The lowest BCUT2D eigenvalue weighted by Gasteiger charge is -2.35. The normalized spacial score (nSPS) is 16.3. The zero-order valence-electron chi connectivity index (χ0n) is 15.4. The van der Waals surface area contributed by atoms with Gasteiger partial charge in [-0.1, -0.05) is 0 Å². The maximum Gasteiger partial charge on any atom is 0.246 e. The number of anilines is 1. The van der Waals surface area contributed by atoms with Crippen LogP contribution in [0.3, 0.4) is 0 Å². The van der Waals surface area contributed by atoms with E-state index in [4.69, 9.17) is 4.42 Å². The first-order valence-electron chi connectivity index (χ1n) is 8.62. The van der Waals surface area contributed by atoms with Gasteiger partial charge in [-0.2, -0.15) is 5.10 Å². The molecule has 9 nitrogen and oxygen atoms in total. The lowest BCUT2D eigenvalue weighted by Crippen LogP contribution is -2.55. The molecule has 0 bridgehead atoms. The fourth-order valence-corrected chi connectivity index (χ4v) is 2.84. The van der Waals surface area contributed by atoms with Crippen LogP contribution < -0.4 is 10.2 Å². The summed E-state index contributed by atoms with van der Waals surface area (Å²) < 4.78 is 6.87. The molecule has 148 valence electrons. The van der Waals surface area contributed by atoms with E-state index < -0.39 is 6.10 Å². The van der Waals surface area contributed by atoms with E-state index in [1.807, 2.05) is 25.1 Å². The molecule has 10 heteroatoms. The van der Waals surface area contributed by atoms with Gasteiger partial charge in [-0.05, 0) is 19.1 Å². The van der Waals surface area contributed by atoms with Crippen molar-refractivity contribution in [2.24, 2.45) is 12.0 Å². The Hall–Kier alpha value is -2.08. The third-order valence-electron chi connectivity index (χ3n) is 4.14. The number of piperazine rings is 1. The van der Waals surface area contributed by atoms with Crippen molar-refractivity contribution in [3.8, 4) is 0 Å². The van der Waals surface area contributed by atoms with E-state index >= 15 is 0 Å². The van der Waals surface area contributed by atoms with Crippen LogP contribution in [0.25, 0.3) is 0 Å². The zero-order valence-corrected chi connectivity index (χ0v) is 17.7. The summed E-state index contributed by atoms with van der Waals surface area (Å²) in [6.07, 6.45) is 4.22. The Labute approximate surface area is 175 Å². The number of nitrogens with zero attached hydrogens (tertiary/aromatic N) is 5. The number of aromatic nitrogens is 2. The molecule has 0 saturated carbocycles. The van der Waals surface area contributed by atoms with Gasteiger partial charge in [0.15, 0.2) is 5.96 Å². The minimum atomic E-state index is -0.814. The predicted molar refractivity (Wildman–Crippen MR) is 112 cm³/mol. The summed E-state index contributed by atoms with van der Waals surface area (Å²) in [5.74, 6) is 1.07. The number of carbonyl (C=O) groups is 1. The lowest BCUT2D eigenvalue weighted by molar-refractivity contribution is -0.120. The molecule has 27 heavy (non-hydrogen) atoms. The molecule has 0 aliphatic carbocycles. The molecule has 1 fully saturated rings. The number of aliphatic hydroxyl groups is 1. The summed E-state index contributed by atoms with van der Waals surface area (Å²) >= 11 is 0. The minimum Gasteiger partial charge on any atom is -0.467 e. The molecule has 1 saturated heterocycles. The molecule has 1 aliphatic rings. The predicted octanol–water partition coefficient (Wildman–Crippen LogP) is 0.979. The number of aliphatic hydroxyl groups excluding tert-OH is 1. The Kier molecular flexibility index (Phi) is 7.66. The maximum atomic E-state index is 12.5. The molecule has 1 amide bonds. The van der Waals surface area contributed by atoms with Crippen molar-refractivity contribution >= 4 is 41.5 Å². The molecule has 3 heterocycles. The van der Waals surface area contributed by atoms with Gasteiger partial charge < -0.3 is 24.6 Å². The van der Waals surface area contributed by atoms with Gasteiger partial charge >= 0.3 is 0 Å². The highest BCUT2D eigenvalue weighted by molar-refractivity contribution is 14.0. The highest BCUT2D eigenvalue weighted by Gasteiger charge is 2.27. The minimum absolute atomic E-state index is 0. The second-order valence-electron chi connectivity index (χ2n) is 6.06. The van der Waals surface area contributed by atoms with Gasteiger partial charge in [-0.15, -0.1) is 24.0 Å². The quantitative estimate of drug-likeness (QED) is 0.370. The summed E-state index contributed by atoms with van der Waals surface area (Å²) in [6, 6.07) is 3.44. The second kappa shape index (κ2) is 9.74. The zero-order chi connectivity index (χ0) is 18.5. The van der Waals surface area contributed by atoms with E-state index in [0.29, 0.717) is 31.4 Å². The SMILES string of the molecule is CCNC(=NCC(O)c1ccco1)N1CCN(c2cnn(C)c2)C(=O)C1.I. The van der Waals surface area contributed by atoms with Crippen molar-refractivity contribution in [3.63, 3.8) is 0 Å². The van der Waals surface area contributed by atoms with Gasteiger partial charge in [-0.25, -0.2) is 4.99 Å². The molecule has 2 aromatic rings. The summed E-state index contributed by atoms with van der Waals surface area (Å²) in [4.78, 5) is 20.6. The van der Waals surface area contributed by atoms with E-state index in [1.165, 1.54) is 6.26 Å². The molecule has 1 atom stereocenters. The number of furan rings is 1. The first kappa shape index (κ1) is 21.2. The van der Waals surface area contributed by atoms with Gasteiger partial charge in [0.1, 0.15) is 18.4 Å². The second-order valence-corrected chi connectivity index (χ2v) is 6.06. The number of aliphatic imine (C=N–C) groups is 1. The van der Waals surface area contributed by atoms with Gasteiger partial charge in [0.2, 0.25) is 5.91 Å². The molecule has 2 N–H and O–H groups in total. The third kappa shape index (κ3) is 5.22. The number of carbonyl (C=O) groups excluding carboxylic acids is 1. The molecule has 0 aromatic carbocycles. The lowest BCUT2D eigenvalue weighted by atomic mass is 10.2. The van der Waals surface area contributed by atoms with Crippen molar-refractivity contribution in [2.45, 2.75) is 13.0 Å². The summed E-state index contributed by atoms with van der Waals surface area (Å²) in [5, 5.41) is 17.4. The molecule has 2 aromatic heterocycles. The van der Waals surface area contributed by atoms with Crippen LogP contribution in [0.4, 0.5) is 5.69 Å². The molecular formula is C17H25IN6O3. The van der Waals surface area contributed by atoms with Crippen LogP contribution in [0.1, 0.15) is 18.8 Å². The molecule has 3 rings (SSSR count). The molecule has 0 radical (unpaired) electrons. The molecule has 1 aliphatic heterocycles. The number of nitrogens with one attached hydrogen (secondary N) is 1. The fourth-order valence-electron chi connectivity index (χ4n) is 2.84. The Balaban J connectivity index is 0.00000261. The Bertz CT molecular complexity index is 761. The van der Waals surface area contributed by atoms with Crippen LogP contribution in [0.2, 0.25) is 0 Å². The smallest absolute Gasteiger partial charge is 0.246 e. The first-order chi connectivity index (χ1) is 12.6. The van der Waals surface area contributed by atoms with Crippen molar-refractivity contribution in [2.75, 3.05) is 37.6 Å². The number of halogens is 1. The van der Waals surface area contributed by atoms with Gasteiger partial charge in [-0.3, -0.25) is 9.48 Å². The number of guanidine groups is 1. The third-order valence-corrected chi connectivity index (χ3v) is 4.14. The Morgan fingerprint density at radius 2 is 2.30 bits per heavy atom. The van der Waals surface area contributed by atoms with Crippen LogP contribution >= 0.6 is 24.0 Å². The molecular weight excluding hydrogens is 463 g/mol. The van der Waals surface area contributed by atoms with Crippen molar-refractivity contribution in [1.82, 2.24) is 20.0 Å². The van der Waals surface area contributed by atoms with E-state index in [9.17, 15) is 9.90 Å². The van der Waals surface area contributed by atoms with Crippen LogP contribution in [0.15, 0.2) is 40.2 Å². The van der Waals surface area contributed by atoms with Gasteiger partial charge in [0, 0.05) is 32.9 Å². The largest absolute Gasteiger partial charge is 0.467 e. The van der Waals surface area contributed by atoms with Crippen LogP contribution in [0.5, 0.6) is 0 Å². The van der Waals surface area contributed by atoms with E-state index in [1.54, 1.807) is 27.9 Å². The Morgan fingerprint density at radius 1 is 1.48 bits per heavy atom. The van der Waals surface area contributed by atoms with Crippen LogP contribution in [-0.4, -0.2) is 64.4 Å². The summed E-state index contributed by atoms with van der Waals surface area (Å²) in [7, 11) is 1.82. The van der Waals surface area contributed by atoms with Crippen LogP contribution in [-0.2, 0) is 11.8 Å². The number of amides is 1. The monoisotopic (exact) mass is 488 g/mol. The topological polar surface area (TPSA) is 99.1 Å². The highest BCUT2D eigenvalue weighted by Crippen LogP contribution is 2.17. The molecule has 0 spiro atoms. The van der Waals surface area contributed by atoms with Crippen molar-refractivity contribution in [3.05, 3.63) is 36.5 Å². The van der Waals surface area contributed by atoms with E-state index in [2.05, 4.69) is 15.4 Å². The molecule has 1 unspecified atom stereocenters. The summed E-state index contributed by atoms with van der Waals surface area (Å²) in [6.45, 7) is 4.21. The van der Waals surface area contributed by atoms with Gasteiger partial charge in [0.25, 0.3) is 0 Å². The number of hydrogen-bond donors (Lipinski definition) is 2. The number of hydrogen-bond acceptors (Lipinski definition) is 5. The first-order valence-corrected chi connectivity index (χ1v) is 8.62. The van der Waals surface area contributed by atoms with Crippen molar-refractivity contribution in [1.29, 1.82) is 0 Å². The maximum absolute atomic E-state index is 12.5. The highest BCUT2D eigenvalue weighted by atomic mass is 127. The standard InChI is InChI=1S/C17H24N6O3.HI/c1-3-18-17(19-10-14(24)15-5-4-8-26-15)22-6-7-23(16(25)12-22)13-9-20-21(2)11-13;/h4-5,8-9,11,14,24H,3,6-7,10,12H2,1-2H3,(H,18,19);1H. The number of aryl methyl sites for hydroxylation is 1. The number of rotatable bonds is 5. The van der Waals surface area contributed by atoms with E-state index in [0.717, 1.165) is 5.69 Å². The fraction of sp³-hybridized carbons (Fsp3) is 0.471. The van der Waals surface area contributed by atoms with Crippen molar-refractivity contribution < 1.29 is 14.3 Å². The average Bonchev–Trinajstić information content (AvgIpc) is 3.30. The Morgan fingerprint density at radius 3 is 2.89 bits per heavy atom. The summed E-state index contributed by atoms with van der Waals surface area (Å²) in [5.41, 5.74) is 0.798. The van der Waals surface area contributed by atoms with Gasteiger partial charge in [0.05, 0.1) is 24.7 Å².